The fraction of sp³-hybridized carbons (Fsp3) is 0.421. The van der Waals surface area contributed by atoms with Gasteiger partial charge < -0.3 is 5.32 Å². The summed E-state index contributed by atoms with van der Waals surface area (Å²) in [6, 6.07) is 11.8. The van der Waals surface area contributed by atoms with Gasteiger partial charge in [0.1, 0.15) is 0 Å². The highest BCUT2D eigenvalue weighted by molar-refractivity contribution is 8.00. The number of thiophene rings is 1. The number of thioether (sulfide) groups is 1. The highest BCUT2D eigenvalue weighted by atomic mass is 35.5. The van der Waals surface area contributed by atoms with E-state index < -0.39 is 0 Å². The second-order valence-corrected chi connectivity index (χ2v) is 9.04. The Morgan fingerprint density at radius 1 is 1.15 bits per heavy atom. The fourth-order valence-corrected chi connectivity index (χ4v) is 4.89. The molecule has 1 N–H and O–H groups in total. The SMILES string of the molecule is CSc1ccc(CN2CCCN(CC(=O)Nc3ccccc3Cl)CC2)s1. The Morgan fingerprint density at radius 3 is 2.69 bits per heavy atom. The number of anilines is 1. The first kappa shape index (κ1) is 19.7. The van der Waals surface area contributed by atoms with Crippen molar-refractivity contribution in [3.63, 3.8) is 0 Å². The molecule has 1 aliphatic heterocycles. The monoisotopic (exact) mass is 409 g/mol. The molecule has 140 valence electrons. The molecular weight excluding hydrogens is 386 g/mol. The summed E-state index contributed by atoms with van der Waals surface area (Å²) in [5.74, 6) is -0.00517. The zero-order valence-electron chi connectivity index (χ0n) is 14.9. The van der Waals surface area contributed by atoms with E-state index in [0.29, 0.717) is 17.3 Å². The van der Waals surface area contributed by atoms with Crippen LogP contribution in [0.15, 0.2) is 40.6 Å². The summed E-state index contributed by atoms with van der Waals surface area (Å²) in [5, 5.41) is 3.48. The molecule has 0 aliphatic carbocycles. The van der Waals surface area contributed by atoms with Crippen molar-refractivity contribution in [2.45, 2.75) is 17.2 Å². The Kier molecular flexibility index (Phi) is 7.40. The molecule has 0 saturated carbocycles. The van der Waals surface area contributed by atoms with E-state index >= 15 is 0 Å². The van der Waals surface area contributed by atoms with Crippen LogP contribution in [0.4, 0.5) is 5.69 Å². The van der Waals surface area contributed by atoms with Gasteiger partial charge in [-0.3, -0.25) is 14.6 Å². The molecule has 0 atom stereocenters. The lowest BCUT2D eigenvalue weighted by Crippen LogP contribution is -2.36. The highest BCUT2D eigenvalue weighted by Crippen LogP contribution is 2.26. The van der Waals surface area contributed by atoms with Crippen LogP contribution in [0.25, 0.3) is 0 Å². The quantitative estimate of drug-likeness (QED) is 0.722. The fourth-order valence-electron chi connectivity index (χ4n) is 3.07. The van der Waals surface area contributed by atoms with Gasteiger partial charge in [0.25, 0.3) is 0 Å². The van der Waals surface area contributed by atoms with Gasteiger partial charge in [-0.05, 0) is 50.0 Å². The molecule has 1 aromatic heterocycles. The summed E-state index contributed by atoms with van der Waals surface area (Å²) in [4.78, 5) is 18.5. The van der Waals surface area contributed by atoms with Crippen molar-refractivity contribution in [1.82, 2.24) is 9.80 Å². The number of hydrogen-bond donors (Lipinski definition) is 1. The lowest BCUT2D eigenvalue weighted by Gasteiger charge is -2.21. The Bertz CT molecular complexity index is 737. The van der Waals surface area contributed by atoms with Crippen LogP contribution in [0, 0.1) is 0 Å². The van der Waals surface area contributed by atoms with Crippen molar-refractivity contribution in [2.75, 3.05) is 44.3 Å². The molecule has 1 aromatic carbocycles. The smallest absolute Gasteiger partial charge is 0.238 e. The molecule has 1 fully saturated rings. The number of carbonyl (C=O) groups excluding carboxylic acids is 1. The van der Waals surface area contributed by atoms with Crippen molar-refractivity contribution >= 4 is 46.3 Å². The van der Waals surface area contributed by atoms with E-state index in [1.807, 2.05) is 29.5 Å². The topological polar surface area (TPSA) is 35.6 Å². The van der Waals surface area contributed by atoms with Gasteiger partial charge in [0.15, 0.2) is 0 Å². The van der Waals surface area contributed by atoms with Crippen LogP contribution in [0.2, 0.25) is 5.02 Å². The predicted octanol–water partition coefficient (Wildman–Crippen LogP) is 4.27. The third-order valence-electron chi connectivity index (χ3n) is 4.41. The number of halogens is 1. The largest absolute Gasteiger partial charge is 0.324 e. The molecule has 7 heteroatoms. The van der Waals surface area contributed by atoms with Crippen LogP contribution in [-0.2, 0) is 11.3 Å². The maximum absolute atomic E-state index is 12.3. The number of nitrogens with one attached hydrogen (secondary N) is 1. The molecule has 0 spiro atoms. The Morgan fingerprint density at radius 2 is 1.92 bits per heavy atom. The molecule has 2 heterocycles. The summed E-state index contributed by atoms with van der Waals surface area (Å²) in [6.45, 7) is 5.35. The number of nitrogens with zero attached hydrogens (tertiary/aromatic N) is 2. The lowest BCUT2D eigenvalue weighted by atomic mass is 10.3. The first-order valence-electron chi connectivity index (χ1n) is 8.76. The standard InChI is InChI=1S/C19H24ClN3OS2/c1-25-19-8-7-15(26-19)13-22-9-4-10-23(12-11-22)14-18(24)21-17-6-3-2-5-16(17)20/h2-3,5-8H,4,9-14H2,1H3,(H,21,24). The predicted molar refractivity (Wildman–Crippen MR) is 113 cm³/mol. The number of rotatable bonds is 6. The first-order valence-corrected chi connectivity index (χ1v) is 11.2. The maximum Gasteiger partial charge on any atom is 0.238 e. The Hall–Kier alpha value is -1.05. The van der Waals surface area contributed by atoms with Crippen LogP contribution in [0.5, 0.6) is 0 Å². The molecule has 26 heavy (non-hydrogen) atoms. The van der Waals surface area contributed by atoms with Crippen molar-refractivity contribution in [3.05, 3.63) is 46.3 Å². The van der Waals surface area contributed by atoms with Crippen LogP contribution >= 0.6 is 34.7 Å². The van der Waals surface area contributed by atoms with Crippen LogP contribution in [-0.4, -0.2) is 54.7 Å². The third kappa shape index (κ3) is 5.72. The minimum Gasteiger partial charge on any atom is -0.324 e. The maximum atomic E-state index is 12.3. The van der Waals surface area contributed by atoms with Gasteiger partial charge in [0, 0.05) is 24.5 Å². The average Bonchev–Trinajstić information content (AvgIpc) is 2.97. The molecule has 0 unspecified atom stereocenters. The van der Waals surface area contributed by atoms with Gasteiger partial charge in [-0.25, -0.2) is 0 Å². The van der Waals surface area contributed by atoms with Crippen molar-refractivity contribution in [1.29, 1.82) is 0 Å². The van der Waals surface area contributed by atoms with E-state index in [4.69, 9.17) is 11.6 Å². The summed E-state index contributed by atoms with van der Waals surface area (Å²) in [7, 11) is 0. The Balaban J connectivity index is 1.47. The van der Waals surface area contributed by atoms with Gasteiger partial charge in [-0.2, -0.15) is 0 Å². The lowest BCUT2D eigenvalue weighted by molar-refractivity contribution is -0.117. The second-order valence-electron chi connectivity index (χ2n) is 6.36. The summed E-state index contributed by atoms with van der Waals surface area (Å²) >= 11 is 9.79. The molecular formula is C19H24ClN3OS2. The molecule has 1 saturated heterocycles. The molecule has 0 radical (unpaired) electrons. The van der Waals surface area contributed by atoms with E-state index in [1.165, 1.54) is 9.09 Å². The second kappa shape index (κ2) is 9.76. The normalized spacial score (nSPS) is 16.4. The molecule has 1 amide bonds. The number of amides is 1. The van der Waals surface area contributed by atoms with E-state index in [-0.39, 0.29) is 5.91 Å². The van der Waals surface area contributed by atoms with E-state index in [2.05, 4.69) is 33.5 Å². The number of hydrogen-bond acceptors (Lipinski definition) is 5. The van der Waals surface area contributed by atoms with Crippen molar-refractivity contribution in [2.24, 2.45) is 0 Å². The van der Waals surface area contributed by atoms with Gasteiger partial charge in [-0.1, -0.05) is 23.7 Å². The molecule has 4 nitrogen and oxygen atoms in total. The van der Waals surface area contributed by atoms with Gasteiger partial charge in [-0.15, -0.1) is 23.1 Å². The summed E-state index contributed by atoms with van der Waals surface area (Å²) in [6.07, 6.45) is 3.20. The van der Waals surface area contributed by atoms with E-state index in [1.54, 1.807) is 17.8 Å². The highest BCUT2D eigenvalue weighted by Gasteiger charge is 2.18. The third-order valence-corrected chi connectivity index (χ3v) is 6.90. The molecule has 3 rings (SSSR count). The van der Waals surface area contributed by atoms with E-state index in [9.17, 15) is 4.79 Å². The number of para-hydroxylation sites is 1. The first-order chi connectivity index (χ1) is 12.6. The van der Waals surface area contributed by atoms with Crippen molar-refractivity contribution < 1.29 is 4.79 Å². The average molecular weight is 410 g/mol. The van der Waals surface area contributed by atoms with Gasteiger partial charge in [0.05, 0.1) is 21.5 Å². The van der Waals surface area contributed by atoms with Gasteiger partial charge in [0.2, 0.25) is 5.91 Å². The zero-order chi connectivity index (χ0) is 18.4. The molecule has 2 aromatic rings. The minimum absolute atomic E-state index is 0.00517. The molecule has 1 aliphatic rings. The summed E-state index contributed by atoms with van der Waals surface area (Å²) in [5.41, 5.74) is 0.679. The van der Waals surface area contributed by atoms with Crippen LogP contribution in [0.3, 0.4) is 0 Å². The summed E-state index contributed by atoms with van der Waals surface area (Å²) < 4.78 is 1.37. The zero-order valence-corrected chi connectivity index (χ0v) is 17.3. The van der Waals surface area contributed by atoms with Crippen molar-refractivity contribution in [3.8, 4) is 0 Å². The number of carbonyl (C=O) groups is 1. The number of benzene rings is 1. The van der Waals surface area contributed by atoms with Crippen LogP contribution < -0.4 is 5.32 Å². The minimum atomic E-state index is -0.00517. The van der Waals surface area contributed by atoms with Gasteiger partial charge >= 0.3 is 0 Å². The van der Waals surface area contributed by atoms with E-state index in [0.717, 1.165) is 39.1 Å². The molecule has 0 bridgehead atoms. The Labute approximate surface area is 168 Å². The van der Waals surface area contributed by atoms with Crippen LogP contribution in [0.1, 0.15) is 11.3 Å².